The zero-order chi connectivity index (χ0) is 22.5. The smallest absolute Gasteiger partial charge is 0.343 e. The summed E-state index contributed by atoms with van der Waals surface area (Å²) in [6, 6.07) is 24.9. The molecule has 0 fully saturated rings. The molecule has 0 aliphatic rings. The minimum Gasteiger partial charge on any atom is -0.422 e. The largest absolute Gasteiger partial charge is 0.422 e. The Morgan fingerprint density at radius 3 is 2.31 bits per heavy atom. The molecule has 158 valence electrons. The predicted molar refractivity (Wildman–Crippen MR) is 127 cm³/mol. The molecule has 0 saturated carbocycles. The lowest BCUT2D eigenvalue weighted by molar-refractivity contribution is 0.0734. The van der Waals surface area contributed by atoms with Crippen LogP contribution in [0.5, 0.6) is 5.75 Å². The van der Waals surface area contributed by atoms with Crippen molar-refractivity contribution in [2.75, 3.05) is 0 Å². The van der Waals surface area contributed by atoms with E-state index in [4.69, 9.17) is 16.3 Å². The lowest BCUT2D eigenvalue weighted by atomic mass is 10.0. The maximum atomic E-state index is 12.7. The number of hydrazone groups is 1. The molecule has 0 aliphatic heterocycles. The fourth-order valence-corrected chi connectivity index (χ4v) is 3.29. The van der Waals surface area contributed by atoms with Crippen LogP contribution >= 0.6 is 11.6 Å². The highest BCUT2D eigenvalue weighted by molar-refractivity contribution is 6.30. The highest BCUT2D eigenvalue weighted by Gasteiger charge is 2.13. The first kappa shape index (κ1) is 21.3. The van der Waals surface area contributed by atoms with Gasteiger partial charge in [-0.3, -0.25) is 4.79 Å². The number of hydrogen-bond acceptors (Lipinski definition) is 4. The second-order valence-electron chi connectivity index (χ2n) is 7.16. The SMILES string of the molecule is Cc1ccc(C(=O)Oc2ccc3ccccc3c2/C=N\NC(=O)c2ccc(Cl)cc2)cc1. The Morgan fingerprint density at radius 2 is 1.56 bits per heavy atom. The van der Waals surface area contributed by atoms with Gasteiger partial charge in [-0.25, -0.2) is 10.2 Å². The third-order valence-electron chi connectivity index (χ3n) is 4.89. The number of esters is 1. The number of rotatable bonds is 5. The predicted octanol–water partition coefficient (Wildman–Crippen LogP) is 5.78. The standard InChI is InChI=1S/C26H19ClN2O3/c1-17-6-8-20(9-7-17)26(31)32-24-15-12-18-4-2-3-5-22(18)23(24)16-28-29-25(30)19-10-13-21(27)14-11-19/h2-16H,1H3,(H,29,30)/b28-16-. The van der Waals surface area contributed by atoms with Crippen molar-refractivity contribution in [3.8, 4) is 5.75 Å². The molecule has 0 saturated heterocycles. The van der Waals surface area contributed by atoms with Crippen LogP contribution in [0, 0.1) is 6.92 Å². The van der Waals surface area contributed by atoms with Gasteiger partial charge in [-0.1, -0.05) is 59.6 Å². The second kappa shape index (κ2) is 9.45. The van der Waals surface area contributed by atoms with Crippen LogP contribution in [-0.2, 0) is 0 Å². The molecule has 1 N–H and O–H groups in total. The van der Waals surface area contributed by atoms with Crippen molar-refractivity contribution in [3.63, 3.8) is 0 Å². The van der Waals surface area contributed by atoms with E-state index in [0.29, 0.717) is 27.5 Å². The summed E-state index contributed by atoms with van der Waals surface area (Å²) < 4.78 is 5.68. The number of hydrogen-bond donors (Lipinski definition) is 1. The Labute approximate surface area is 190 Å². The van der Waals surface area contributed by atoms with Gasteiger partial charge >= 0.3 is 5.97 Å². The molecule has 0 bridgehead atoms. The van der Waals surface area contributed by atoms with Gasteiger partial charge < -0.3 is 4.74 Å². The Morgan fingerprint density at radius 1 is 0.875 bits per heavy atom. The zero-order valence-corrected chi connectivity index (χ0v) is 18.0. The second-order valence-corrected chi connectivity index (χ2v) is 7.60. The number of fused-ring (bicyclic) bond motifs is 1. The summed E-state index contributed by atoms with van der Waals surface area (Å²) in [5.74, 6) is -0.504. The van der Waals surface area contributed by atoms with Crippen molar-refractivity contribution in [1.82, 2.24) is 5.43 Å². The van der Waals surface area contributed by atoms with Gasteiger partial charge in [0, 0.05) is 16.1 Å². The molecule has 4 rings (SSSR count). The number of ether oxygens (including phenoxy) is 1. The van der Waals surface area contributed by atoms with Crippen LogP contribution in [-0.4, -0.2) is 18.1 Å². The Hall–Kier alpha value is -3.96. The summed E-state index contributed by atoms with van der Waals surface area (Å²) in [4.78, 5) is 25.0. The van der Waals surface area contributed by atoms with Crippen LogP contribution in [0.15, 0.2) is 90.0 Å². The Bertz CT molecular complexity index is 1310. The number of nitrogens with zero attached hydrogens (tertiary/aromatic N) is 1. The average Bonchev–Trinajstić information content (AvgIpc) is 2.81. The molecule has 4 aromatic rings. The van der Waals surface area contributed by atoms with Crippen molar-refractivity contribution in [2.24, 2.45) is 5.10 Å². The van der Waals surface area contributed by atoms with E-state index in [1.807, 2.05) is 49.4 Å². The number of halogens is 1. The molecule has 0 aromatic heterocycles. The van der Waals surface area contributed by atoms with Gasteiger partial charge in [-0.05, 0) is 60.2 Å². The summed E-state index contributed by atoms with van der Waals surface area (Å²) in [6.45, 7) is 1.95. The monoisotopic (exact) mass is 442 g/mol. The Kier molecular flexibility index (Phi) is 6.29. The molecular formula is C26H19ClN2O3. The number of amides is 1. The number of nitrogens with one attached hydrogen (secondary N) is 1. The summed E-state index contributed by atoms with van der Waals surface area (Å²) in [7, 11) is 0. The summed E-state index contributed by atoms with van der Waals surface area (Å²) in [5.41, 5.74) is 5.01. The van der Waals surface area contributed by atoms with Crippen molar-refractivity contribution < 1.29 is 14.3 Å². The quantitative estimate of drug-likeness (QED) is 0.184. The van der Waals surface area contributed by atoms with Gasteiger partial charge in [-0.2, -0.15) is 5.10 Å². The van der Waals surface area contributed by atoms with E-state index in [1.54, 1.807) is 42.5 Å². The van der Waals surface area contributed by atoms with Gasteiger partial charge in [-0.15, -0.1) is 0 Å². The van der Waals surface area contributed by atoms with E-state index in [9.17, 15) is 9.59 Å². The molecule has 32 heavy (non-hydrogen) atoms. The number of carbonyl (C=O) groups is 2. The van der Waals surface area contributed by atoms with Crippen LogP contribution in [0.2, 0.25) is 5.02 Å². The maximum absolute atomic E-state index is 12.7. The van der Waals surface area contributed by atoms with Gasteiger partial charge in [0.1, 0.15) is 5.75 Å². The Balaban J connectivity index is 1.62. The first-order chi connectivity index (χ1) is 15.5. The lowest BCUT2D eigenvalue weighted by Crippen LogP contribution is -2.17. The molecule has 0 radical (unpaired) electrons. The van der Waals surface area contributed by atoms with Crippen LogP contribution in [0.4, 0.5) is 0 Å². The topological polar surface area (TPSA) is 67.8 Å². The maximum Gasteiger partial charge on any atom is 0.343 e. The highest BCUT2D eigenvalue weighted by atomic mass is 35.5. The molecule has 0 heterocycles. The number of benzene rings is 4. The first-order valence-electron chi connectivity index (χ1n) is 9.91. The van der Waals surface area contributed by atoms with Crippen molar-refractivity contribution in [1.29, 1.82) is 0 Å². The molecule has 0 atom stereocenters. The molecule has 1 amide bonds. The molecule has 6 heteroatoms. The van der Waals surface area contributed by atoms with Gasteiger partial charge in [0.25, 0.3) is 5.91 Å². The third-order valence-corrected chi connectivity index (χ3v) is 5.14. The normalized spacial score (nSPS) is 10.9. The lowest BCUT2D eigenvalue weighted by Gasteiger charge is -2.11. The molecule has 5 nitrogen and oxygen atoms in total. The number of aryl methyl sites for hydroxylation is 1. The zero-order valence-electron chi connectivity index (χ0n) is 17.2. The molecular weight excluding hydrogens is 424 g/mol. The summed E-state index contributed by atoms with van der Waals surface area (Å²) >= 11 is 5.86. The van der Waals surface area contributed by atoms with Gasteiger partial charge in [0.2, 0.25) is 0 Å². The van der Waals surface area contributed by atoms with Crippen molar-refractivity contribution in [3.05, 3.63) is 112 Å². The van der Waals surface area contributed by atoms with Crippen LogP contribution < -0.4 is 10.2 Å². The highest BCUT2D eigenvalue weighted by Crippen LogP contribution is 2.27. The minimum atomic E-state index is -0.472. The van der Waals surface area contributed by atoms with Crippen LogP contribution in [0.3, 0.4) is 0 Å². The van der Waals surface area contributed by atoms with Crippen LogP contribution in [0.25, 0.3) is 10.8 Å². The minimum absolute atomic E-state index is 0.346. The fourth-order valence-electron chi connectivity index (χ4n) is 3.17. The molecule has 0 spiro atoms. The fraction of sp³-hybridized carbons (Fsp3) is 0.0385. The van der Waals surface area contributed by atoms with E-state index >= 15 is 0 Å². The summed E-state index contributed by atoms with van der Waals surface area (Å²) in [6.07, 6.45) is 1.48. The summed E-state index contributed by atoms with van der Waals surface area (Å²) in [5, 5.41) is 6.43. The third kappa shape index (κ3) is 4.85. The van der Waals surface area contributed by atoms with Gasteiger partial charge in [0.05, 0.1) is 11.8 Å². The average molecular weight is 443 g/mol. The van der Waals surface area contributed by atoms with E-state index in [0.717, 1.165) is 16.3 Å². The van der Waals surface area contributed by atoms with Gasteiger partial charge in [0.15, 0.2) is 0 Å². The van der Waals surface area contributed by atoms with Crippen molar-refractivity contribution >= 4 is 40.5 Å². The van der Waals surface area contributed by atoms with Crippen LogP contribution in [0.1, 0.15) is 31.8 Å². The molecule has 0 aliphatic carbocycles. The first-order valence-corrected chi connectivity index (χ1v) is 10.3. The molecule has 0 unspecified atom stereocenters. The van der Waals surface area contributed by atoms with E-state index in [-0.39, 0.29) is 5.91 Å². The van der Waals surface area contributed by atoms with E-state index in [2.05, 4.69) is 10.5 Å². The number of carbonyl (C=O) groups excluding carboxylic acids is 2. The van der Waals surface area contributed by atoms with Crippen molar-refractivity contribution in [2.45, 2.75) is 6.92 Å². The molecule has 4 aromatic carbocycles. The van der Waals surface area contributed by atoms with E-state index in [1.165, 1.54) is 6.21 Å². The van der Waals surface area contributed by atoms with E-state index < -0.39 is 5.97 Å².